The zero-order valence-corrected chi connectivity index (χ0v) is 11.7. The summed E-state index contributed by atoms with van der Waals surface area (Å²) in [5.74, 6) is 0. The van der Waals surface area contributed by atoms with Crippen LogP contribution in [0, 0.1) is 0 Å². The summed E-state index contributed by atoms with van der Waals surface area (Å²) in [5.41, 5.74) is 0. The van der Waals surface area contributed by atoms with Crippen molar-refractivity contribution in [3.05, 3.63) is 11.2 Å². The van der Waals surface area contributed by atoms with Gasteiger partial charge in [0.2, 0.25) is 8.32 Å². The van der Waals surface area contributed by atoms with Crippen molar-refractivity contribution in [3.63, 3.8) is 0 Å². The van der Waals surface area contributed by atoms with Gasteiger partial charge in [-0.15, -0.1) is 0 Å². The number of thioether (sulfide) groups is 1. The van der Waals surface area contributed by atoms with E-state index in [1.54, 1.807) is 11.8 Å². The molecule has 0 aliphatic carbocycles. The first kappa shape index (κ1) is 13.1. The third-order valence-electron chi connectivity index (χ3n) is 1.05. The normalized spacial score (nSPS) is 14.5. The largest absolute Gasteiger partial charge is 0.540 e. The molecule has 0 aromatic rings. The predicted molar refractivity (Wildman–Crippen MR) is 65.5 cm³/mol. The van der Waals surface area contributed by atoms with Crippen molar-refractivity contribution >= 4 is 20.1 Å². The molecule has 0 spiro atoms. The summed E-state index contributed by atoms with van der Waals surface area (Å²) in [6, 6.07) is 0. The molecule has 0 saturated heterocycles. The Hall–Kier alpha value is 0.107. The van der Waals surface area contributed by atoms with Crippen molar-refractivity contribution in [2.45, 2.75) is 52.1 Å². The fraction of sp³-hybridized carbons (Fsp3) is 0.800. The van der Waals surface area contributed by atoms with Crippen LogP contribution < -0.4 is 0 Å². The lowest BCUT2D eigenvalue weighted by atomic mass is 10.3. The monoisotopic (exact) mass is 218 g/mol. The Kier molecular flexibility index (Phi) is 4.59. The van der Waals surface area contributed by atoms with E-state index in [4.69, 9.17) is 4.43 Å². The first-order valence-corrected chi connectivity index (χ1v) is 8.91. The zero-order valence-electron chi connectivity index (χ0n) is 9.89. The van der Waals surface area contributed by atoms with E-state index in [1.165, 1.54) is 0 Å². The minimum Gasteiger partial charge on any atom is -0.540 e. The van der Waals surface area contributed by atoms with Gasteiger partial charge in [0.25, 0.3) is 0 Å². The molecule has 0 aromatic carbocycles. The summed E-state index contributed by atoms with van der Waals surface area (Å²) in [6.07, 6.45) is 2.06. The van der Waals surface area contributed by atoms with E-state index in [2.05, 4.69) is 46.5 Å². The van der Waals surface area contributed by atoms with Crippen LogP contribution in [0.25, 0.3) is 0 Å². The van der Waals surface area contributed by atoms with Crippen LogP contribution in [0.1, 0.15) is 27.7 Å². The molecule has 0 aromatic heterocycles. The molecule has 78 valence electrons. The van der Waals surface area contributed by atoms with E-state index in [0.29, 0.717) is 0 Å². The highest BCUT2D eigenvalue weighted by atomic mass is 32.2. The van der Waals surface area contributed by atoms with E-state index in [-0.39, 0.29) is 4.75 Å². The van der Waals surface area contributed by atoms with Crippen molar-refractivity contribution < 1.29 is 4.43 Å². The molecule has 0 atom stereocenters. The SMILES string of the molecule is C/C=C(\O[Si](C)(C)C)SC(C)(C)C. The highest BCUT2D eigenvalue weighted by Crippen LogP contribution is 2.33. The molecule has 1 nitrogen and oxygen atoms in total. The van der Waals surface area contributed by atoms with E-state index in [0.717, 1.165) is 5.09 Å². The van der Waals surface area contributed by atoms with Crippen LogP contribution in [-0.4, -0.2) is 13.1 Å². The van der Waals surface area contributed by atoms with Crippen LogP contribution >= 0.6 is 11.8 Å². The van der Waals surface area contributed by atoms with E-state index >= 15 is 0 Å². The molecular formula is C10H22OSSi. The summed E-state index contributed by atoms with van der Waals surface area (Å²) in [4.78, 5) is 0. The minimum absolute atomic E-state index is 0.238. The van der Waals surface area contributed by atoms with Gasteiger partial charge in [-0.3, -0.25) is 0 Å². The van der Waals surface area contributed by atoms with Crippen LogP contribution in [0.3, 0.4) is 0 Å². The van der Waals surface area contributed by atoms with Crippen LogP contribution in [0.4, 0.5) is 0 Å². The quantitative estimate of drug-likeness (QED) is 0.518. The van der Waals surface area contributed by atoms with Crippen LogP contribution in [0.2, 0.25) is 19.6 Å². The number of hydrogen-bond acceptors (Lipinski definition) is 2. The fourth-order valence-electron chi connectivity index (χ4n) is 0.742. The second-order valence-electron chi connectivity index (χ2n) is 5.04. The lowest BCUT2D eigenvalue weighted by molar-refractivity contribution is 0.461. The van der Waals surface area contributed by atoms with Crippen molar-refractivity contribution in [3.8, 4) is 0 Å². The average molecular weight is 218 g/mol. The van der Waals surface area contributed by atoms with Gasteiger partial charge in [-0.1, -0.05) is 32.5 Å². The molecule has 13 heavy (non-hydrogen) atoms. The van der Waals surface area contributed by atoms with Gasteiger partial charge in [0, 0.05) is 4.75 Å². The Morgan fingerprint density at radius 1 is 1.23 bits per heavy atom. The van der Waals surface area contributed by atoms with Crippen molar-refractivity contribution in [2.75, 3.05) is 0 Å². The molecule has 3 heteroatoms. The maximum Gasteiger partial charge on any atom is 0.242 e. The lowest BCUT2D eigenvalue weighted by Gasteiger charge is -2.26. The average Bonchev–Trinajstić information content (AvgIpc) is 1.79. The number of hydrogen-bond donors (Lipinski definition) is 0. The molecule has 0 aliphatic heterocycles. The highest BCUT2D eigenvalue weighted by Gasteiger charge is 2.21. The van der Waals surface area contributed by atoms with Gasteiger partial charge in [0.15, 0.2) is 0 Å². The smallest absolute Gasteiger partial charge is 0.242 e. The van der Waals surface area contributed by atoms with Gasteiger partial charge >= 0.3 is 0 Å². The lowest BCUT2D eigenvalue weighted by Crippen LogP contribution is -2.25. The Morgan fingerprint density at radius 3 is 1.92 bits per heavy atom. The second kappa shape index (κ2) is 4.56. The van der Waals surface area contributed by atoms with Gasteiger partial charge in [-0.25, -0.2) is 0 Å². The van der Waals surface area contributed by atoms with Crippen molar-refractivity contribution in [1.82, 2.24) is 0 Å². The predicted octanol–water partition coefficient (Wildman–Crippen LogP) is 4.23. The zero-order chi connectivity index (χ0) is 10.7. The summed E-state index contributed by atoms with van der Waals surface area (Å²) in [6.45, 7) is 15.3. The van der Waals surface area contributed by atoms with E-state index < -0.39 is 8.32 Å². The molecule has 0 N–H and O–H groups in total. The first-order chi connectivity index (χ1) is 5.64. The van der Waals surface area contributed by atoms with Crippen LogP contribution in [-0.2, 0) is 4.43 Å². The van der Waals surface area contributed by atoms with Gasteiger partial charge < -0.3 is 4.43 Å². The fourth-order valence-corrected chi connectivity index (χ4v) is 3.10. The summed E-state index contributed by atoms with van der Waals surface area (Å²) >= 11 is 1.80. The molecule has 0 radical (unpaired) electrons. The maximum absolute atomic E-state index is 5.93. The Morgan fingerprint density at radius 2 is 1.69 bits per heavy atom. The van der Waals surface area contributed by atoms with Gasteiger partial charge in [-0.05, 0) is 32.6 Å². The second-order valence-corrected chi connectivity index (χ2v) is 11.3. The van der Waals surface area contributed by atoms with E-state index in [9.17, 15) is 0 Å². The van der Waals surface area contributed by atoms with Crippen LogP contribution in [0.5, 0.6) is 0 Å². The third kappa shape index (κ3) is 8.44. The van der Waals surface area contributed by atoms with Gasteiger partial charge in [-0.2, -0.15) is 0 Å². The van der Waals surface area contributed by atoms with Gasteiger partial charge in [0.1, 0.15) is 5.09 Å². The molecule has 0 heterocycles. The summed E-state index contributed by atoms with van der Waals surface area (Å²) in [5, 5.41) is 1.08. The van der Waals surface area contributed by atoms with Crippen molar-refractivity contribution in [2.24, 2.45) is 0 Å². The number of allylic oxidation sites excluding steroid dienone is 1. The standard InChI is InChI=1S/C10H22OSSi/c1-8-9(11-13(5,6)7)12-10(2,3)4/h8H,1-7H3/b9-8+. The topological polar surface area (TPSA) is 9.23 Å². The van der Waals surface area contributed by atoms with Crippen molar-refractivity contribution in [1.29, 1.82) is 0 Å². The molecule has 0 bridgehead atoms. The first-order valence-electron chi connectivity index (χ1n) is 4.68. The maximum atomic E-state index is 5.93. The minimum atomic E-state index is -1.43. The molecule has 0 rings (SSSR count). The molecular weight excluding hydrogens is 196 g/mol. The van der Waals surface area contributed by atoms with Crippen LogP contribution in [0.15, 0.2) is 11.2 Å². The van der Waals surface area contributed by atoms with E-state index in [1.807, 2.05) is 6.92 Å². The molecule has 0 fully saturated rings. The Labute approximate surface area is 88.1 Å². The molecule has 0 amide bonds. The third-order valence-corrected chi connectivity index (χ3v) is 3.16. The van der Waals surface area contributed by atoms with Gasteiger partial charge in [0.05, 0.1) is 0 Å². The highest BCUT2D eigenvalue weighted by molar-refractivity contribution is 8.04. The summed E-state index contributed by atoms with van der Waals surface area (Å²) < 4.78 is 6.16. The molecule has 0 unspecified atom stereocenters. The Bertz CT molecular complexity index is 168. The Balaban J connectivity index is 4.24. The number of rotatable bonds is 3. The molecule has 0 saturated carbocycles. The summed E-state index contributed by atoms with van der Waals surface area (Å²) in [7, 11) is -1.43. The molecule has 0 aliphatic rings.